The summed E-state index contributed by atoms with van der Waals surface area (Å²) in [5.41, 5.74) is 7.40. The predicted molar refractivity (Wildman–Crippen MR) is 100 cm³/mol. The van der Waals surface area contributed by atoms with Gasteiger partial charge in [-0.15, -0.1) is 0 Å². The molecule has 8 heteroatoms. The molecule has 0 bridgehead atoms. The number of amides is 2. The lowest BCUT2D eigenvalue weighted by Crippen LogP contribution is -2.45. The first-order valence-corrected chi connectivity index (χ1v) is 9.30. The first kappa shape index (κ1) is 19.7. The first-order valence-electron chi connectivity index (χ1n) is 9.30. The molecule has 150 valence electrons. The zero-order valence-electron chi connectivity index (χ0n) is 16.1. The topological polar surface area (TPSA) is 108 Å². The Balaban J connectivity index is 1.60. The standard InChI is InChI=1S/C20H25N3O5/c1-13-9-17(14(2)23(13)11-16-6-4-8-27-16)20(26)28-12-18(24)22-7-3-5-15(10-22)19(21)25/h4,6,8-9,15H,3,5,7,10-12H2,1-2H3,(H2,21,25)/t15-/m1/s1. The van der Waals surface area contributed by atoms with Crippen LogP contribution in [0.2, 0.25) is 0 Å². The van der Waals surface area contributed by atoms with Crippen LogP contribution in [0.15, 0.2) is 28.9 Å². The molecular weight excluding hydrogens is 362 g/mol. The molecule has 0 saturated carbocycles. The molecule has 0 unspecified atom stereocenters. The molecule has 0 aliphatic carbocycles. The van der Waals surface area contributed by atoms with Gasteiger partial charge in [-0.3, -0.25) is 9.59 Å². The molecule has 2 aromatic heterocycles. The molecule has 2 aromatic rings. The summed E-state index contributed by atoms with van der Waals surface area (Å²) in [5, 5.41) is 0. The summed E-state index contributed by atoms with van der Waals surface area (Å²) in [5.74, 6) is -0.822. The van der Waals surface area contributed by atoms with E-state index in [1.807, 2.05) is 30.5 Å². The zero-order chi connectivity index (χ0) is 20.3. The molecule has 0 radical (unpaired) electrons. The Morgan fingerprint density at radius 3 is 2.79 bits per heavy atom. The van der Waals surface area contributed by atoms with E-state index in [9.17, 15) is 14.4 Å². The summed E-state index contributed by atoms with van der Waals surface area (Å²) in [7, 11) is 0. The molecule has 3 rings (SSSR count). The second kappa shape index (κ2) is 8.33. The third-order valence-corrected chi connectivity index (χ3v) is 5.19. The summed E-state index contributed by atoms with van der Waals surface area (Å²) in [6, 6.07) is 5.43. The Labute approximate surface area is 163 Å². The van der Waals surface area contributed by atoms with Crippen LogP contribution in [0.1, 0.15) is 40.3 Å². The van der Waals surface area contributed by atoms with Crippen LogP contribution < -0.4 is 5.73 Å². The Bertz CT molecular complexity index is 869. The van der Waals surface area contributed by atoms with E-state index < -0.39 is 11.9 Å². The smallest absolute Gasteiger partial charge is 0.340 e. The van der Waals surface area contributed by atoms with Crippen molar-refractivity contribution in [1.82, 2.24) is 9.47 Å². The Hall–Kier alpha value is -3.03. The van der Waals surface area contributed by atoms with Crippen LogP contribution in [0.5, 0.6) is 0 Å². The number of primary amides is 1. The highest BCUT2D eigenvalue weighted by molar-refractivity contribution is 5.93. The van der Waals surface area contributed by atoms with Crippen LogP contribution in [0.4, 0.5) is 0 Å². The lowest BCUT2D eigenvalue weighted by Gasteiger charge is -2.31. The summed E-state index contributed by atoms with van der Waals surface area (Å²) in [6.07, 6.45) is 3.00. The van der Waals surface area contributed by atoms with E-state index >= 15 is 0 Å². The van der Waals surface area contributed by atoms with Gasteiger partial charge in [0.1, 0.15) is 5.76 Å². The molecule has 1 aliphatic heterocycles. The maximum absolute atomic E-state index is 12.5. The second-order valence-corrected chi connectivity index (χ2v) is 7.11. The molecule has 1 aliphatic rings. The largest absolute Gasteiger partial charge is 0.467 e. The fourth-order valence-corrected chi connectivity index (χ4v) is 3.54. The number of nitrogens with two attached hydrogens (primary N) is 1. The third-order valence-electron chi connectivity index (χ3n) is 5.19. The number of furan rings is 1. The average Bonchev–Trinajstić information content (AvgIpc) is 3.29. The van der Waals surface area contributed by atoms with Gasteiger partial charge in [-0.1, -0.05) is 0 Å². The predicted octanol–water partition coefficient (Wildman–Crippen LogP) is 1.63. The van der Waals surface area contributed by atoms with Gasteiger partial charge in [0.25, 0.3) is 5.91 Å². The van der Waals surface area contributed by atoms with Crippen molar-refractivity contribution in [3.63, 3.8) is 0 Å². The van der Waals surface area contributed by atoms with Gasteiger partial charge in [0.05, 0.1) is 24.3 Å². The van der Waals surface area contributed by atoms with Crippen molar-refractivity contribution in [3.8, 4) is 0 Å². The van der Waals surface area contributed by atoms with E-state index in [1.54, 1.807) is 12.3 Å². The summed E-state index contributed by atoms with van der Waals surface area (Å²) in [4.78, 5) is 37.7. The number of rotatable bonds is 6. The van der Waals surface area contributed by atoms with Crippen molar-refractivity contribution in [1.29, 1.82) is 0 Å². The Morgan fingerprint density at radius 1 is 1.32 bits per heavy atom. The number of hydrogen-bond donors (Lipinski definition) is 1. The van der Waals surface area contributed by atoms with Crippen LogP contribution in [-0.4, -0.2) is 46.9 Å². The molecule has 0 spiro atoms. The number of carbonyl (C=O) groups is 3. The van der Waals surface area contributed by atoms with Crippen molar-refractivity contribution in [3.05, 3.63) is 47.2 Å². The van der Waals surface area contributed by atoms with E-state index in [4.69, 9.17) is 14.9 Å². The van der Waals surface area contributed by atoms with Gasteiger partial charge in [0.2, 0.25) is 5.91 Å². The van der Waals surface area contributed by atoms with Crippen molar-refractivity contribution < 1.29 is 23.5 Å². The van der Waals surface area contributed by atoms with E-state index in [-0.39, 0.29) is 25.0 Å². The molecule has 2 amide bonds. The van der Waals surface area contributed by atoms with Crippen LogP contribution in [0, 0.1) is 19.8 Å². The van der Waals surface area contributed by atoms with E-state index in [1.165, 1.54) is 4.90 Å². The van der Waals surface area contributed by atoms with Crippen molar-refractivity contribution >= 4 is 17.8 Å². The molecule has 1 atom stereocenters. The number of carbonyl (C=O) groups excluding carboxylic acids is 3. The summed E-state index contributed by atoms with van der Waals surface area (Å²) in [6.45, 7) is 4.71. The maximum atomic E-state index is 12.5. The van der Waals surface area contributed by atoms with Crippen molar-refractivity contribution in [2.24, 2.45) is 11.7 Å². The monoisotopic (exact) mass is 387 g/mol. The maximum Gasteiger partial charge on any atom is 0.340 e. The second-order valence-electron chi connectivity index (χ2n) is 7.11. The molecule has 28 heavy (non-hydrogen) atoms. The highest BCUT2D eigenvalue weighted by Crippen LogP contribution is 2.19. The van der Waals surface area contributed by atoms with Crippen LogP contribution >= 0.6 is 0 Å². The lowest BCUT2D eigenvalue weighted by molar-refractivity contribution is -0.137. The number of aromatic nitrogens is 1. The molecule has 8 nitrogen and oxygen atoms in total. The number of esters is 1. The number of piperidine rings is 1. The van der Waals surface area contributed by atoms with E-state index in [2.05, 4.69) is 0 Å². The summed E-state index contributed by atoms with van der Waals surface area (Å²) < 4.78 is 12.6. The van der Waals surface area contributed by atoms with E-state index in [0.717, 1.165) is 17.1 Å². The van der Waals surface area contributed by atoms with E-state index in [0.29, 0.717) is 31.5 Å². The highest BCUT2D eigenvalue weighted by Gasteiger charge is 2.28. The minimum Gasteiger partial charge on any atom is -0.467 e. The lowest BCUT2D eigenvalue weighted by atomic mass is 9.97. The van der Waals surface area contributed by atoms with Crippen LogP contribution in [-0.2, 0) is 20.9 Å². The van der Waals surface area contributed by atoms with Gasteiger partial charge < -0.3 is 24.4 Å². The molecule has 1 saturated heterocycles. The molecular formula is C20H25N3O5. The van der Waals surface area contributed by atoms with Crippen LogP contribution in [0.25, 0.3) is 0 Å². The van der Waals surface area contributed by atoms with Crippen molar-refractivity contribution in [2.75, 3.05) is 19.7 Å². The van der Waals surface area contributed by atoms with Gasteiger partial charge in [0.15, 0.2) is 6.61 Å². The molecule has 1 fully saturated rings. The third kappa shape index (κ3) is 4.27. The van der Waals surface area contributed by atoms with Gasteiger partial charge in [-0.2, -0.15) is 0 Å². The molecule has 3 heterocycles. The molecule has 0 aromatic carbocycles. The van der Waals surface area contributed by atoms with Crippen molar-refractivity contribution in [2.45, 2.75) is 33.2 Å². The zero-order valence-corrected chi connectivity index (χ0v) is 16.1. The van der Waals surface area contributed by atoms with Gasteiger partial charge in [-0.25, -0.2) is 4.79 Å². The minimum absolute atomic E-state index is 0.281. The Morgan fingerprint density at radius 2 is 2.11 bits per heavy atom. The summed E-state index contributed by atoms with van der Waals surface area (Å²) >= 11 is 0. The van der Waals surface area contributed by atoms with Gasteiger partial charge >= 0.3 is 5.97 Å². The van der Waals surface area contributed by atoms with Crippen LogP contribution in [0.3, 0.4) is 0 Å². The number of hydrogen-bond acceptors (Lipinski definition) is 5. The first-order chi connectivity index (χ1) is 13.4. The van der Waals surface area contributed by atoms with Gasteiger partial charge in [-0.05, 0) is 44.9 Å². The minimum atomic E-state index is -0.546. The quantitative estimate of drug-likeness (QED) is 0.758. The highest BCUT2D eigenvalue weighted by atomic mass is 16.5. The average molecular weight is 387 g/mol. The SMILES string of the molecule is Cc1cc(C(=O)OCC(=O)N2CCC[C@@H](C(N)=O)C2)c(C)n1Cc1ccco1. The van der Waals surface area contributed by atoms with Gasteiger partial charge in [0, 0.05) is 24.5 Å². The normalized spacial score (nSPS) is 16.8. The fraction of sp³-hybridized carbons (Fsp3) is 0.450. The molecule has 2 N–H and O–H groups in total. The number of nitrogens with zero attached hydrogens (tertiary/aromatic N) is 2. The number of ether oxygens (including phenoxy) is 1. The Kier molecular flexibility index (Phi) is 5.87. The fourth-order valence-electron chi connectivity index (χ4n) is 3.54. The number of aryl methyl sites for hydroxylation is 1. The number of likely N-dealkylation sites (tertiary alicyclic amines) is 1.